The van der Waals surface area contributed by atoms with Gasteiger partial charge in [0.25, 0.3) is 0 Å². The van der Waals surface area contributed by atoms with Crippen molar-refractivity contribution < 1.29 is 20.1 Å². The van der Waals surface area contributed by atoms with Gasteiger partial charge in [0.2, 0.25) is 0 Å². The van der Waals surface area contributed by atoms with E-state index in [1.165, 1.54) is 25.7 Å². The number of unbranched alkanes of at least 4 members (excludes halogenated alkanes) is 3. The lowest BCUT2D eigenvalue weighted by Crippen LogP contribution is -2.20. The van der Waals surface area contributed by atoms with Gasteiger partial charge in [0.05, 0.1) is 12.2 Å². The van der Waals surface area contributed by atoms with Gasteiger partial charge < -0.3 is 15.3 Å². The lowest BCUT2D eigenvalue weighted by molar-refractivity contribution is -0.137. The molecule has 0 aromatic rings. The standard InChI is InChI=1S/C21H36O4/c1-3-4-7-10-16(2)13-14-18-17(19(22)15-20(18)23)11-8-5-6-9-12-21(24)25/h5,8,13-14,16-20,22-23H,3-4,6-7,9-12,15H2,1-2H3,(H,24,25)/b8-5-,14-13+/t16-,17?,18+,19-,20+/m0/s1. The van der Waals surface area contributed by atoms with E-state index >= 15 is 0 Å². The highest BCUT2D eigenvalue weighted by Gasteiger charge is 2.39. The molecule has 0 amide bonds. The Morgan fingerprint density at radius 2 is 1.92 bits per heavy atom. The molecule has 0 spiro atoms. The highest BCUT2D eigenvalue weighted by atomic mass is 16.4. The molecule has 0 saturated heterocycles. The summed E-state index contributed by atoms with van der Waals surface area (Å²) in [5.41, 5.74) is 0. The molecular weight excluding hydrogens is 316 g/mol. The molecule has 4 heteroatoms. The van der Waals surface area contributed by atoms with Crippen LogP contribution in [-0.2, 0) is 4.79 Å². The molecule has 0 bridgehead atoms. The average molecular weight is 353 g/mol. The first-order valence-electron chi connectivity index (χ1n) is 9.86. The molecule has 1 fully saturated rings. The molecule has 0 aromatic heterocycles. The second kappa shape index (κ2) is 12.3. The lowest BCUT2D eigenvalue weighted by Gasteiger charge is -2.19. The van der Waals surface area contributed by atoms with Crippen LogP contribution in [0, 0.1) is 17.8 Å². The zero-order valence-electron chi connectivity index (χ0n) is 15.8. The van der Waals surface area contributed by atoms with E-state index in [-0.39, 0.29) is 18.3 Å². The van der Waals surface area contributed by atoms with E-state index in [9.17, 15) is 15.0 Å². The summed E-state index contributed by atoms with van der Waals surface area (Å²) in [7, 11) is 0. The summed E-state index contributed by atoms with van der Waals surface area (Å²) in [4.78, 5) is 10.5. The minimum absolute atomic E-state index is 0.00675. The molecule has 1 saturated carbocycles. The molecule has 1 aliphatic rings. The van der Waals surface area contributed by atoms with Crippen molar-refractivity contribution >= 4 is 5.97 Å². The molecule has 5 atom stereocenters. The van der Waals surface area contributed by atoms with E-state index in [1.54, 1.807) is 0 Å². The fourth-order valence-electron chi connectivity index (χ4n) is 3.58. The van der Waals surface area contributed by atoms with Gasteiger partial charge in [0, 0.05) is 18.8 Å². The van der Waals surface area contributed by atoms with E-state index in [4.69, 9.17) is 5.11 Å². The quantitative estimate of drug-likeness (QED) is 0.361. The fourth-order valence-corrected chi connectivity index (χ4v) is 3.58. The third kappa shape index (κ3) is 8.68. The number of aliphatic hydroxyl groups excluding tert-OH is 2. The molecule has 1 unspecified atom stereocenters. The Hall–Kier alpha value is -1.13. The summed E-state index contributed by atoms with van der Waals surface area (Å²) in [6.07, 6.45) is 15.0. The second-order valence-electron chi connectivity index (χ2n) is 7.46. The molecule has 0 radical (unpaired) electrons. The van der Waals surface area contributed by atoms with E-state index in [2.05, 4.69) is 26.0 Å². The summed E-state index contributed by atoms with van der Waals surface area (Å²) in [6, 6.07) is 0. The Morgan fingerprint density at radius 3 is 2.60 bits per heavy atom. The van der Waals surface area contributed by atoms with Crippen LogP contribution in [0.25, 0.3) is 0 Å². The first-order valence-corrected chi connectivity index (χ1v) is 9.86. The predicted octanol–water partition coefficient (Wildman–Crippen LogP) is 4.32. The number of allylic oxidation sites excluding steroid dienone is 3. The molecule has 0 aliphatic heterocycles. The summed E-state index contributed by atoms with van der Waals surface area (Å²) in [6.45, 7) is 4.41. The number of carboxylic acids is 1. The van der Waals surface area contributed by atoms with Gasteiger partial charge in [-0.1, -0.05) is 57.4 Å². The van der Waals surface area contributed by atoms with Crippen LogP contribution < -0.4 is 0 Å². The van der Waals surface area contributed by atoms with Crippen LogP contribution in [0.15, 0.2) is 24.3 Å². The first kappa shape index (κ1) is 21.9. The summed E-state index contributed by atoms with van der Waals surface area (Å²) in [5, 5.41) is 29.1. The maximum absolute atomic E-state index is 10.5. The van der Waals surface area contributed by atoms with Crippen LogP contribution in [-0.4, -0.2) is 33.5 Å². The second-order valence-corrected chi connectivity index (χ2v) is 7.46. The Balaban J connectivity index is 2.46. The van der Waals surface area contributed by atoms with Crippen LogP contribution in [0.3, 0.4) is 0 Å². The molecule has 0 aromatic carbocycles. The Kier molecular flexibility index (Phi) is 10.7. The van der Waals surface area contributed by atoms with Gasteiger partial charge in [0.15, 0.2) is 0 Å². The fraction of sp³-hybridized carbons (Fsp3) is 0.762. The normalized spacial score (nSPS) is 28.2. The monoisotopic (exact) mass is 352 g/mol. The van der Waals surface area contributed by atoms with Gasteiger partial charge in [-0.25, -0.2) is 0 Å². The number of hydrogen-bond donors (Lipinski definition) is 3. The van der Waals surface area contributed by atoms with Crippen molar-refractivity contribution in [2.45, 2.75) is 83.8 Å². The van der Waals surface area contributed by atoms with Gasteiger partial charge in [-0.05, 0) is 37.5 Å². The van der Waals surface area contributed by atoms with Gasteiger partial charge in [-0.15, -0.1) is 0 Å². The highest BCUT2D eigenvalue weighted by Crippen LogP contribution is 2.36. The molecule has 0 heterocycles. The van der Waals surface area contributed by atoms with Crippen LogP contribution in [0.5, 0.6) is 0 Å². The molecule has 25 heavy (non-hydrogen) atoms. The first-order chi connectivity index (χ1) is 12.0. The third-order valence-electron chi connectivity index (χ3n) is 5.18. The largest absolute Gasteiger partial charge is 0.481 e. The summed E-state index contributed by atoms with van der Waals surface area (Å²) < 4.78 is 0. The van der Waals surface area contributed by atoms with E-state index < -0.39 is 18.2 Å². The van der Waals surface area contributed by atoms with Gasteiger partial charge in [0.1, 0.15) is 0 Å². The van der Waals surface area contributed by atoms with Crippen LogP contribution in [0.2, 0.25) is 0 Å². The van der Waals surface area contributed by atoms with Crippen LogP contribution in [0.4, 0.5) is 0 Å². The number of aliphatic carboxylic acids is 1. The zero-order chi connectivity index (χ0) is 18.7. The molecule has 1 aliphatic carbocycles. The molecular formula is C21H36O4. The number of hydrogen-bond acceptors (Lipinski definition) is 3. The number of carboxylic acid groups (broad SMARTS) is 1. The minimum atomic E-state index is -0.763. The molecule has 3 N–H and O–H groups in total. The van der Waals surface area contributed by atoms with Crippen molar-refractivity contribution in [3.05, 3.63) is 24.3 Å². The van der Waals surface area contributed by atoms with Gasteiger partial charge in [-0.3, -0.25) is 4.79 Å². The van der Waals surface area contributed by atoms with Gasteiger partial charge >= 0.3 is 5.97 Å². The topological polar surface area (TPSA) is 77.8 Å². The van der Waals surface area contributed by atoms with E-state index in [0.29, 0.717) is 18.8 Å². The van der Waals surface area contributed by atoms with Crippen molar-refractivity contribution in [2.75, 3.05) is 0 Å². The Bertz CT molecular complexity index is 430. The third-order valence-corrected chi connectivity index (χ3v) is 5.18. The number of aliphatic hydroxyl groups is 2. The maximum Gasteiger partial charge on any atom is 0.303 e. The minimum Gasteiger partial charge on any atom is -0.481 e. The molecule has 4 nitrogen and oxygen atoms in total. The summed E-state index contributed by atoms with van der Waals surface area (Å²) >= 11 is 0. The predicted molar refractivity (Wildman–Crippen MR) is 101 cm³/mol. The zero-order valence-corrected chi connectivity index (χ0v) is 15.8. The SMILES string of the molecule is CCCCC[C@H](C)/C=C/[C@@H]1C(C/C=C\CCCC(=O)O)[C@@H](O)C[C@H]1O. The lowest BCUT2D eigenvalue weighted by atomic mass is 9.88. The van der Waals surface area contributed by atoms with Gasteiger partial charge in [-0.2, -0.15) is 0 Å². The van der Waals surface area contributed by atoms with Crippen LogP contribution in [0.1, 0.15) is 71.6 Å². The van der Waals surface area contributed by atoms with E-state index in [1.807, 2.05) is 12.2 Å². The van der Waals surface area contributed by atoms with Crippen molar-refractivity contribution in [1.29, 1.82) is 0 Å². The summed E-state index contributed by atoms with van der Waals surface area (Å²) in [5.74, 6) is -0.207. The van der Waals surface area contributed by atoms with Crippen molar-refractivity contribution in [3.8, 4) is 0 Å². The average Bonchev–Trinajstić information content (AvgIpc) is 2.82. The Labute approximate surface area is 152 Å². The molecule has 144 valence electrons. The highest BCUT2D eigenvalue weighted by molar-refractivity contribution is 5.66. The van der Waals surface area contributed by atoms with E-state index in [0.717, 1.165) is 12.8 Å². The van der Waals surface area contributed by atoms with Crippen molar-refractivity contribution in [2.24, 2.45) is 17.8 Å². The van der Waals surface area contributed by atoms with Crippen molar-refractivity contribution in [3.63, 3.8) is 0 Å². The Morgan fingerprint density at radius 1 is 1.16 bits per heavy atom. The van der Waals surface area contributed by atoms with Crippen LogP contribution >= 0.6 is 0 Å². The molecule has 1 rings (SSSR count). The smallest absolute Gasteiger partial charge is 0.303 e. The van der Waals surface area contributed by atoms with Crippen molar-refractivity contribution in [1.82, 2.24) is 0 Å². The number of carbonyl (C=O) groups is 1. The number of rotatable bonds is 12. The maximum atomic E-state index is 10.5.